The van der Waals surface area contributed by atoms with Gasteiger partial charge in [-0.05, 0) is 54.7 Å². The van der Waals surface area contributed by atoms with Crippen LogP contribution in [0.5, 0.6) is 23.0 Å². The number of methoxy groups -OCH3 is 4. The normalized spacial score (nSPS) is 10.1. The van der Waals surface area contributed by atoms with E-state index in [0.717, 1.165) is 0 Å². The minimum atomic E-state index is -0.470. The van der Waals surface area contributed by atoms with Gasteiger partial charge in [-0.3, -0.25) is 14.9 Å². The highest BCUT2D eigenvalue weighted by molar-refractivity contribution is 7.80. The molecule has 0 aliphatic carbocycles. The number of benzene rings is 3. The summed E-state index contributed by atoms with van der Waals surface area (Å²) >= 11 is 5.29. The Morgan fingerprint density at radius 3 is 1.89 bits per heavy atom. The van der Waals surface area contributed by atoms with Crippen LogP contribution in [0, 0.1) is 0 Å². The molecular weight excluding hydrogens is 470 g/mol. The fraction of sp³-hybridized carbons (Fsp3) is 0.160. The zero-order valence-corrected chi connectivity index (χ0v) is 20.4. The molecule has 0 fully saturated rings. The third-order valence-electron chi connectivity index (χ3n) is 4.88. The zero-order chi connectivity index (χ0) is 25.4. The van der Waals surface area contributed by atoms with Crippen LogP contribution in [-0.2, 0) is 0 Å². The third-order valence-corrected chi connectivity index (χ3v) is 5.09. The highest BCUT2D eigenvalue weighted by Crippen LogP contribution is 2.38. The number of carbonyl (C=O) groups excluding carboxylic acids is 2. The number of ether oxygens (including phenoxy) is 4. The Kier molecular flexibility index (Phi) is 8.47. The highest BCUT2D eigenvalue weighted by atomic mass is 32.1. The van der Waals surface area contributed by atoms with Gasteiger partial charge < -0.3 is 29.6 Å². The summed E-state index contributed by atoms with van der Waals surface area (Å²) in [5, 5.41) is 8.43. The summed E-state index contributed by atoms with van der Waals surface area (Å²) in [7, 11) is 5.91. The van der Waals surface area contributed by atoms with Crippen molar-refractivity contribution in [1.29, 1.82) is 0 Å². The van der Waals surface area contributed by atoms with Gasteiger partial charge in [-0.25, -0.2) is 0 Å². The summed E-state index contributed by atoms with van der Waals surface area (Å²) in [6, 6.07) is 16.9. The van der Waals surface area contributed by atoms with Gasteiger partial charge in [0.2, 0.25) is 5.75 Å². The molecule has 3 aromatic rings. The molecule has 2 amide bonds. The third kappa shape index (κ3) is 6.18. The molecule has 182 valence electrons. The average Bonchev–Trinajstić information content (AvgIpc) is 2.87. The number of hydrogen-bond acceptors (Lipinski definition) is 7. The molecule has 9 nitrogen and oxygen atoms in total. The van der Waals surface area contributed by atoms with Crippen LogP contribution in [0.2, 0.25) is 0 Å². The van der Waals surface area contributed by atoms with Gasteiger partial charge in [0.1, 0.15) is 5.75 Å². The van der Waals surface area contributed by atoms with E-state index in [0.29, 0.717) is 39.9 Å². The molecule has 0 heterocycles. The van der Waals surface area contributed by atoms with Crippen LogP contribution in [-0.4, -0.2) is 45.4 Å². The van der Waals surface area contributed by atoms with Crippen molar-refractivity contribution < 1.29 is 28.5 Å². The number of carbonyl (C=O) groups is 2. The molecule has 0 bridgehead atoms. The number of rotatable bonds is 8. The van der Waals surface area contributed by atoms with E-state index >= 15 is 0 Å². The molecule has 3 rings (SSSR count). The number of anilines is 2. The first kappa shape index (κ1) is 25.3. The largest absolute Gasteiger partial charge is 0.496 e. The minimum Gasteiger partial charge on any atom is -0.496 e. The lowest BCUT2D eigenvalue weighted by Crippen LogP contribution is -2.34. The zero-order valence-electron chi connectivity index (χ0n) is 19.6. The van der Waals surface area contributed by atoms with Gasteiger partial charge >= 0.3 is 0 Å². The maximum absolute atomic E-state index is 12.8. The smallest absolute Gasteiger partial charge is 0.259 e. The molecule has 0 aliphatic rings. The van der Waals surface area contributed by atoms with E-state index in [-0.39, 0.29) is 16.6 Å². The average molecular weight is 496 g/mol. The van der Waals surface area contributed by atoms with Crippen molar-refractivity contribution in [2.75, 3.05) is 39.1 Å². The van der Waals surface area contributed by atoms with Crippen LogP contribution >= 0.6 is 12.2 Å². The van der Waals surface area contributed by atoms with E-state index in [1.165, 1.54) is 40.6 Å². The Morgan fingerprint density at radius 2 is 1.29 bits per heavy atom. The van der Waals surface area contributed by atoms with E-state index in [4.69, 9.17) is 31.2 Å². The molecule has 10 heteroatoms. The van der Waals surface area contributed by atoms with Crippen LogP contribution in [0.4, 0.5) is 11.4 Å². The lowest BCUT2D eigenvalue weighted by molar-refractivity contribution is 0.0975. The minimum absolute atomic E-state index is 0.0666. The molecule has 0 saturated carbocycles. The second-order valence-corrected chi connectivity index (χ2v) is 7.47. The Morgan fingerprint density at radius 1 is 0.686 bits per heavy atom. The molecule has 0 spiro atoms. The lowest BCUT2D eigenvalue weighted by Gasteiger charge is -2.15. The summed E-state index contributed by atoms with van der Waals surface area (Å²) in [6.07, 6.45) is 0. The van der Waals surface area contributed by atoms with Crippen LogP contribution in [0.1, 0.15) is 20.7 Å². The summed E-state index contributed by atoms with van der Waals surface area (Å²) in [4.78, 5) is 25.4. The van der Waals surface area contributed by atoms with E-state index in [1.807, 2.05) is 0 Å². The molecule has 0 atom stereocenters. The van der Waals surface area contributed by atoms with E-state index in [2.05, 4.69) is 16.0 Å². The van der Waals surface area contributed by atoms with Crippen molar-refractivity contribution in [3.63, 3.8) is 0 Å². The van der Waals surface area contributed by atoms with Crippen molar-refractivity contribution >= 4 is 40.5 Å². The molecule has 0 unspecified atom stereocenters. The quantitative estimate of drug-likeness (QED) is 0.401. The Balaban J connectivity index is 1.68. The van der Waals surface area contributed by atoms with Gasteiger partial charge in [0.05, 0.1) is 34.0 Å². The summed E-state index contributed by atoms with van der Waals surface area (Å²) in [5.41, 5.74) is 1.77. The summed E-state index contributed by atoms with van der Waals surface area (Å²) < 4.78 is 21.1. The molecular formula is C25H25N3O6S. The Bertz CT molecular complexity index is 1220. The number of nitrogens with one attached hydrogen (secondary N) is 3. The first-order chi connectivity index (χ1) is 16.9. The van der Waals surface area contributed by atoms with Crippen LogP contribution in [0.25, 0.3) is 0 Å². The van der Waals surface area contributed by atoms with Crippen molar-refractivity contribution in [2.24, 2.45) is 0 Å². The summed E-state index contributed by atoms with van der Waals surface area (Å²) in [5.74, 6) is 0.734. The summed E-state index contributed by atoms with van der Waals surface area (Å²) in [6.45, 7) is 0. The van der Waals surface area contributed by atoms with Crippen molar-refractivity contribution in [2.45, 2.75) is 0 Å². The first-order valence-corrected chi connectivity index (χ1v) is 10.8. The van der Waals surface area contributed by atoms with E-state index in [9.17, 15) is 9.59 Å². The fourth-order valence-corrected chi connectivity index (χ4v) is 3.47. The standard InChI is InChI=1S/C25H25N3O6S/c1-31-19-11-6-5-10-18(19)24(30)26-16-8-7-9-17(14-16)27-25(35)28-23(29)15-12-20(32-2)22(34-4)21(13-15)33-3/h5-14H,1-4H3,(H,26,30)(H2,27,28,29,35). The van der Waals surface area contributed by atoms with Crippen LogP contribution in [0.15, 0.2) is 60.7 Å². The van der Waals surface area contributed by atoms with Gasteiger partial charge in [0, 0.05) is 16.9 Å². The van der Waals surface area contributed by atoms with Gasteiger partial charge in [-0.2, -0.15) is 0 Å². The number of para-hydroxylation sites is 1. The van der Waals surface area contributed by atoms with Crippen LogP contribution < -0.4 is 34.9 Å². The fourth-order valence-electron chi connectivity index (χ4n) is 3.26. The SMILES string of the molecule is COc1ccccc1C(=O)Nc1cccc(NC(=S)NC(=O)c2cc(OC)c(OC)c(OC)c2)c1. The molecule has 35 heavy (non-hydrogen) atoms. The molecule has 3 N–H and O–H groups in total. The monoisotopic (exact) mass is 495 g/mol. The predicted octanol–water partition coefficient (Wildman–Crippen LogP) is 4.10. The highest BCUT2D eigenvalue weighted by Gasteiger charge is 2.18. The second-order valence-electron chi connectivity index (χ2n) is 7.06. The number of thiocarbonyl (C=S) groups is 1. The number of amides is 2. The Hall–Kier alpha value is -4.31. The molecule has 0 saturated heterocycles. The van der Waals surface area contributed by atoms with Crippen molar-refractivity contribution in [1.82, 2.24) is 5.32 Å². The van der Waals surface area contributed by atoms with Gasteiger partial charge in [0.15, 0.2) is 16.6 Å². The number of hydrogen-bond donors (Lipinski definition) is 3. The van der Waals surface area contributed by atoms with Crippen LogP contribution in [0.3, 0.4) is 0 Å². The molecule has 3 aromatic carbocycles. The van der Waals surface area contributed by atoms with E-state index < -0.39 is 5.91 Å². The molecule has 0 aliphatic heterocycles. The topological polar surface area (TPSA) is 107 Å². The Labute approximate surface area is 208 Å². The van der Waals surface area contributed by atoms with Crippen molar-refractivity contribution in [3.05, 3.63) is 71.8 Å². The molecule has 0 radical (unpaired) electrons. The van der Waals surface area contributed by atoms with Gasteiger partial charge in [0.25, 0.3) is 11.8 Å². The first-order valence-electron chi connectivity index (χ1n) is 10.4. The lowest BCUT2D eigenvalue weighted by atomic mass is 10.1. The maximum Gasteiger partial charge on any atom is 0.259 e. The van der Waals surface area contributed by atoms with Crippen molar-refractivity contribution in [3.8, 4) is 23.0 Å². The van der Waals surface area contributed by atoms with Gasteiger partial charge in [-0.1, -0.05) is 18.2 Å². The van der Waals surface area contributed by atoms with E-state index in [1.54, 1.807) is 48.5 Å². The molecule has 0 aromatic heterocycles. The second kappa shape index (κ2) is 11.7. The predicted molar refractivity (Wildman–Crippen MR) is 137 cm³/mol. The maximum atomic E-state index is 12.8. The van der Waals surface area contributed by atoms with Gasteiger partial charge in [-0.15, -0.1) is 0 Å².